The number of esters is 1. The number of anilines is 1. The van der Waals surface area contributed by atoms with Gasteiger partial charge >= 0.3 is 24.3 Å². The second-order valence-corrected chi connectivity index (χ2v) is 12.9. The molecular formula is C37H33F5N2O10S. The molecule has 1 heterocycles. The molecule has 4 rings (SSSR count). The van der Waals surface area contributed by atoms with Crippen LogP contribution in [0.4, 0.5) is 32.4 Å². The fraction of sp³-hybridized carbons (Fsp3) is 0.270. The van der Waals surface area contributed by atoms with Crippen LogP contribution in [0.15, 0.2) is 66.0 Å². The van der Waals surface area contributed by atoms with E-state index in [2.05, 4.69) is 5.32 Å². The van der Waals surface area contributed by atoms with Crippen molar-refractivity contribution in [3.8, 4) is 22.6 Å². The third kappa shape index (κ3) is 8.86. The van der Waals surface area contributed by atoms with Gasteiger partial charge in [-0.25, -0.2) is 13.6 Å². The van der Waals surface area contributed by atoms with E-state index >= 15 is 8.78 Å². The number of carboxylic acids is 1. The highest BCUT2D eigenvalue weighted by atomic mass is 32.1. The number of methoxy groups -OCH3 is 1. The van der Waals surface area contributed by atoms with Gasteiger partial charge in [-0.2, -0.15) is 13.2 Å². The van der Waals surface area contributed by atoms with E-state index in [9.17, 15) is 42.3 Å². The summed E-state index contributed by atoms with van der Waals surface area (Å²) >= 11 is 0.839. The number of carbonyl (C=O) groups excluding carboxylic acids is 4. The minimum atomic E-state index is -4.65. The number of nitrogens with zero attached hydrogens (tertiary/aromatic N) is 1. The first kappa shape index (κ1) is 41.7. The summed E-state index contributed by atoms with van der Waals surface area (Å²) in [6, 6.07) is 11.0. The topological polar surface area (TPSA) is 158 Å². The lowest BCUT2D eigenvalue weighted by Gasteiger charge is -2.27. The van der Waals surface area contributed by atoms with Gasteiger partial charge in [-0.05, 0) is 54.6 Å². The van der Waals surface area contributed by atoms with Crippen molar-refractivity contribution in [2.75, 3.05) is 33.1 Å². The number of carbonyl (C=O) groups is 5. The molecule has 4 aromatic rings. The number of hydrogen-bond donors (Lipinski definition) is 2. The van der Waals surface area contributed by atoms with Crippen LogP contribution in [-0.2, 0) is 30.7 Å². The normalized spacial score (nSPS) is 12.8. The minimum Gasteiger partial charge on any atom is -0.496 e. The Labute approximate surface area is 314 Å². The second-order valence-electron chi connectivity index (χ2n) is 12.0. The van der Waals surface area contributed by atoms with Crippen molar-refractivity contribution in [3.63, 3.8) is 0 Å². The summed E-state index contributed by atoms with van der Waals surface area (Å²) in [5.41, 5.74) is -5.39. The van der Waals surface area contributed by atoms with Crippen LogP contribution in [0.25, 0.3) is 11.1 Å². The Morgan fingerprint density at radius 3 is 2.20 bits per heavy atom. The van der Waals surface area contributed by atoms with Gasteiger partial charge in [-0.1, -0.05) is 31.2 Å². The lowest BCUT2D eigenvalue weighted by Crippen LogP contribution is -2.49. The monoisotopic (exact) mass is 792 g/mol. The van der Waals surface area contributed by atoms with Crippen molar-refractivity contribution in [1.82, 2.24) is 4.90 Å². The maximum atomic E-state index is 16.1. The molecule has 3 aromatic carbocycles. The number of nitrogens with one attached hydrogen (secondary N) is 1. The van der Waals surface area contributed by atoms with Gasteiger partial charge in [0.15, 0.2) is 11.6 Å². The maximum absolute atomic E-state index is 16.1. The highest BCUT2D eigenvalue weighted by molar-refractivity contribution is 7.10. The minimum absolute atomic E-state index is 0.00775. The highest BCUT2D eigenvalue weighted by Gasteiger charge is 2.53. The molecule has 0 aliphatic heterocycles. The second kappa shape index (κ2) is 17.0. The van der Waals surface area contributed by atoms with Crippen LogP contribution in [0.5, 0.6) is 11.5 Å². The summed E-state index contributed by atoms with van der Waals surface area (Å²) in [6.07, 6.45) is -6.93. The van der Waals surface area contributed by atoms with Crippen LogP contribution in [0, 0.1) is 11.6 Å². The zero-order valence-electron chi connectivity index (χ0n) is 29.7. The SMILES string of the molecule is CCC(C)OC(=O)C(COC(=O)Oc1c(F)cc(NC(=O)c2cccc(OC)c2-c2ccc(C(F)(F)F)cc2)c(C(=O)N(C)C)c1F)(C(=O)O)c1cccs1. The van der Waals surface area contributed by atoms with E-state index < -0.39 is 88.4 Å². The van der Waals surface area contributed by atoms with Crippen LogP contribution in [0.1, 0.15) is 51.4 Å². The summed E-state index contributed by atoms with van der Waals surface area (Å²) < 4.78 is 91.7. The van der Waals surface area contributed by atoms with E-state index in [1.165, 1.54) is 63.8 Å². The van der Waals surface area contributed by atoms with Crippen molar-refractivity contribution in [3.05, 3.63) is 99.2 Å². The van der Waals surface area contributed by atoms with E-state index in [1.807, 2.05) is 0 Å². The van der Waals surface area contributed by atoms with Gasteiger partial charge in [0.05, 0.1) is 30.0 Å². The van der Waals surface area contributed by atoms with Gasteiger partial charge in [-0.3, -0.25) is 19.2 Å². The van der Waals surface area contributed by atoms with E-state index in [-0.39, 0.29) is 27.3 Å². The number of thiophene rings is 1. The van der Waals surface area contributed by atoms with Crippen LogP contribution in [0.2, 0.25) is 0 Å². The van der Waals surface area contributed by atoms with E-state index in [0.717, 1.165) is 40.5 Å². The Hall–Kier alpha value is -6.04. The molecule has 2 amide bonds. The smallest absolute Gasteiger partial charge is 0.496 e. The summed E-state index contributed by atoms with van der Waals surface area (Å²) in [5, 5.41) is 13.9. The Morgan fingerprint density at radius 1 is 0.982 bits per heavy atom. The molecule has 2 N–H and O–H groups in total. The molecule has 0 aliphatic carbocycles. The molecule has 0 saturated heterocycles. The molecule has 18 heteroatoms. The van der Waals surface area contributed by atoms with E-state index in [4.69, 9.17) is 18.9 Å². The molecule has 12 nitrogen and oxygen atoms in total. The largest absolute Gasteiger partial charge is 0.514 e. The van der Waals surface area contributed by atoms with Gasteiger partial charge in [0.25, 0.3) is 11.8 Å². The van der Waals surface area contributed by atoms with Crippen molar-refractivity contribution in [2.24, 2.45) is 0 Å². The van der Waals surface area contributed by atoms with Crippen molar-refractivity contribution >= 4 is 46.9 Å². The average molecular weight is 793 g/mol. The van der Waals surface area contributed by atoms with Gasteiger partial charge < -0.3 is 34.3 Å². The molecule has 0 aliphatic rings. The summed E-state index contributed by atoms with van der Waals surface area (Å²) in [5.74, 6) is -10.1. The van der Waals surface area contributed by atoms with Crippen LogP contribution in [-0.4, -0.2) is 73.8 Å². The number of halogens is 5. The standard InChI is InChI=1S/C37H33F5N2O10S/c1-6-19(2)53-34(49)36(33(47)48,26-11-8-16-55-26)18-52-35(50)54-30-23(38)17-24(28(29(30)39)32(46)44(3)4)43-31(45)22-9-7-10-25(51-5)27(22)20-12-14-21(15-13-20)37(40,41)42/h7-17,19H,6,18H2,1-5H3,(H,43,45)(H,47,48). The van der Waals surface area contributed by atoms with Crippen LogP contribution in [0.3, 0.4) is 0 Å². The lowest BCUT2D eigenvalue weighted by atomic mass is 9.87. The zero-order chi connectivity index (χ0) is 40.8. The summed E-state index contributed by atoms with van der Waals surface area (Å²) in [7, 11) is 3.64. The molecule has 0 fully saturated rings. The third-order valence-electron chi connectivity index (χ3n) is 8.17. The van der Waals surface area contributed by atoms with Gasteiger partial charge in [0.2, 0.25) is 11.2 Å². The molecule has 0 saturated carbocycles. The van der Waals surface area contributed by atoms with Gasteiger partial charge in [0.1, 0.15) is 17.9 Å². The number of benzene rings is 3. The number of amides is 2. The quantitative estimate of drug-likeness (QED) is 0.0600. The number of aliphatic carboxylic acids is 1. The van der Waals surface area contributed by atoms with E-state index in [0.29, 0.717) is 12.5 Å². The lowest BCUT2D eigenvalue weighted by molar-refractivity contribution is -0.167. The Kier molecular flexibility index (Phi) is 12.9. The third-order valence-corrected chi connectivity index (χ3v) is 9.20. The molecule has 0 spiro atoms. The van der Waals surface area contributed by atoms with Crippen molar-refractivity contribution in [1.29, 1.82) is 0 Å². The Balaban J connectivity index is 1.70. The Morgan fingerprint density at radius 2 is 1.65 bits per heavy atom. The molecule has 2 atom stereocenters. The number of rotatable bonds is 13. The average Bonchev–Trinajstić information content (AvgIpc) is 3.68. The van der Waals surface area contributed by atoms with Crippen LogP contribution < -0.4 is 14.8 Å². The Bertz CT molecular complexity index is 2090. The molecule has 2 unspecified atom stereocenters. The molecule has 0 radical (unpaired) electrons. The first-order chi connectivity index (χ1) is 25.9. The van der Waals surface area contributed by atoms with E-state index in [1.54, 1.807) is 6.92 Å². The van der Waals surface area contributed by atoms with Gasteiger partial charge in [0, 0.05) is 30.6 Å². The number of ether oxygens (including phenoxy) is 4. The molecule has 55 heavy (non-hydrogen) atoms. The first-order valence-electron chi connectivity index (χ1n) is 16.1. The number of hydrogen-bond acceptors (Lipinski definition) is 10. The molecule has 0 bridgehead atoms. The molecule has 292 valence electrons. The summed E-state index contributed by atoms with van der Waals surface area (Å²) in [6.45, 7) is 1.96. The maximum Gasteiger partial charge on any atom is 0.514 e. The fourth-order valence-corrected chi connectivity index (χ4v) is 5.97. The van der Waals surface area contributed by atoms with Crippen LogP contribution >= 0.6 is 11.3 Å². The zero-order valence-corrected chi connectivity index (χ0v) is 30.5. The van der Waals surface area contributed by atoms with Gasteiger partial charge in [-0.15, -0.1) is 11.3 Å². The number of carboxylic acid groups (broad SMARTS) is 1. The highest BCUT2D eigenvalue weighted by Crippen LogP contribution is 2.38. The number of alkyl halides is 3. The first-order valence-corrected chi connectivity index (χ1v) is 17.0. The van der Waals surface area contributed by atoms with Crippen molar-refractivity contribution < 1.29 is 70.0 Å². The molecular weight excluding hydrogens is 759 g/mol. The fourth-order valence-electron chi connectivity index (χ4n) is 5.08. The predicted molar refractivity (Wildman–Crippen MR) is 187 cm³/mol. The summed E-state index contributed by atoms with van der Waals surface area (Å²) in [4.78, 5) is 66.3. The molecule has 1 aromatic heterocycles. The predicted octanol–water partition coefficient (Wildman–Crippen LogP) is 7.55. The van der Waals surface area contributed by atoms with Crippen molar-refractivity contribution in [2.45, 2.75) is 38.0 Å².